The van der Waals surface area contributed by atoms with Crippen molar-refractivity contribution in [2.45, 2.75) is 51.5 Å². The van der Waals surface area contributed by atoms with Crippen molar-refractivity contribution < 1.29 is 34.1 Å². The number of anilines is 1. The van der Waals surface area contributed by atoms with E-state index in [-0.39, 0.29) is 59.4 Å². The number of phenols is 1. The number of phenolic OH excluding ortho intramolecular Hbond substituents is 1. The lowest BCUT2D eigenvalue weighted by molar-refractivity contribution is -0.129. The summed E-state index contributed by atoms with van der Waals surface area (Å²) in [6.45, 7) is 4.55. The molecule has 2 aliphatic heterocycles. The van der Waals surface area contributed by atoms with Crippen LogP contribution in [0, 0.1) is 29.0 Å². The second-order valence-corrected chi connectivity index (χ2v) is 12.4. The number of rotatable bonds is 6. The van der Waals surface area contributed by atoms with Crippen molar-refractivity contribution in [3.05, 3.63) is 45.2 Å². The second-order valence-electron chi connectivity index (χ2n) is 12.4. The lowest BCUT2D eigenvalue weighted by atomic mass is 9.53. The van der Waals surface area contributed by atoms with Gasteiger partial charge < -0.3 is 31.7 Å². The molecule has 7 N–H and O–H groups in total. The van der Waals surface area contributed by atoms with Gasteiger partial charge in [0.1, 0.15) is 22.9 Å². The van der Waals surface area contributed by atoms with E-state index in [9.17, 15) is 29.7 Å². The molecule has 0 aromatic heterocycles. The van der Waals surface area contributed by atoms with E-state index in [0.717, 1.165) is 25.9 Å². The first kappa shape index (κ1) is 27.7. The van der Waals surface area contributed by atoms with Crippen LogP contribution in [0.25, 0.3) is 0 Å². The van der Waals surface area contributed by atoms with Crippen LogP contribution in [-0.4, -0.2) is 70.9 Å². The molecule has 5 atom stereocenters. The number of likely N-dealkylation sites (tertiary alicyclic amines) is 1. The minimum atomic E-state index is -1.27. The van der Waals surface area contributed by atoms with Crippen LogP contribution in [0.15, 0.2) is 22.7 Å². The highest BCUT2D eigenvalue weighted by atomic mass is 19.1. The molecule has 1 aromatic carbocycles. The van der Waals surface area contributed by atoms with E-state index in [0.29, 0.717) is 25.1 Å². The van der Waals surface area contributed by atoms with Gasteiger partial charge in [-0.2, -0.15) is 0 Å². The van der Waals surface area contributed by atoms with Crippen molar-refractivity contribution in [3.63, 3.8) is 0 Å². The minimum Gasteiger partial charge on any atom is -0.511 e. The summed E-state index contributed by atoms with van der Waals surface area (Å²) >= 11 is 0. The average molecular weight is 569 g/mol. The molecule has 0 saturated carbocycles. The molecule has 1 saturated heterocycles. The predicted molar refractivity (Wildman–Crippen MR) is 148 cm³/mol. The minimum absolute atomic E-state index is 0.0421. The van der Waals surface area contributed by atoms with Gasteiger partial charge in [-0.1, -0.05) is 6.92 Å². The highest BCUT2D eigenvalue weighted by molar-refractivity contribution is 6.22. The van der Waals surface area contributed by atoms with Crippen LogP contribution in [0.4, 0.5) is 10.1 Å². The normalized spacial score (nSPS) is 30.8. The molecule has 4 unspecified atom stereocenters. The van der Waals surface area contributed by atoms with E-state index in [1.807, 2.05) is 14.0 Å². The van der Waals surface area contributed by atoms with Gasteiger partial charge in [0.2, 0.25) is 0 Å². The molecule has 1 amide bonds. The van der Waals surface area contributed by atoms with Crippen LogP contribution in [0.3, 0.4) is 0 Å². The molecule has 1 fully saturated rings. The summed E-state index contributed by atoms with van der Waals surface area (Å²) in [6, 6.07) is -0.222. The second kappa shape index (κ2) is 9.84. The molecular formula is C30H37FN4O6. The molecule has 3 aliphatic carbocycles. The largest absolute Gasteiger partial charge is 0.511 e. The fraction of sp³-hybridized carbons (Fsp3) is 0.567. The Bertz CT molecular complexity index is 1440. The molecule has 0 radical (unpaired) electrons. The number of allylic oxidation sites excluding steroid dienone is 3. The van der Waals surface area contributed by atoms with E-state index in [4.69, 9.17) is 5.73 Å². The molecule has 0 bridgehead atoms. The van der Waals surface area contributed by atoms with Crippen LogP contribution in [0.5, 0.6) is 5.75 Å². The third-order valence-electron chi connectivity index (χ3n) is 10.1. The van der Waals surface area contributed by atoms with Gasteiger partial charge in [0, 0.05) is 35.7 Å². The number of aliphatic hydroxyl groups excluding tert-OH is 2. The molecule has 2 heterocycles. The Morgan fingerprint density at radius 1 is 1.24 bits per heavy atom. The lowest BCUT2D eigenvalue weighted by Crippen LogP contribution is -2.51. The topological polar surface area (TPSA) is 165 Å². The van der Waals surface area contributed by atoms with Crippen LogP contribution in [0.1, 0.15) is 66.6 Å². The van der Waals surface area contributed by atoms with Gasteiger partial charge in [-0.3, -0.25) is 19.3 Å². The fourth-order valence-corrected chi connectivity index (χ4v) is 8.34. The lowest BCUT2D eigenvalue weighted by Gasteiger charge is -2.49. The van der Waals surface area contributed by atoms with E-state index in [1.165, 1.54) is 0 Å². The molecule has 10 nitrogen and oxygen atoms in total. The summed E-state index contributed by atoms with van der Waals surface area (Å²) < 4.78 is 16.5. The summed E-state index contributed by atoms with van der Waals surface area (Å²) in [5, 5.41) is 40.2. The zero-order valence-corrected chi connectivity index (χ0v) is 23.3. The van der Waals surface area contributed by atoms with Crippen LogP contribution in [0.2, 0.25) is 0 Å². The number of nitrogens with zero attached hydrogens (tertiary/aromatic N) is 1. The Balaban J connectivity index is 1.49. The van der Waals surface area contributed by atoms with Gasteiger partial charge >= 0.3 is 0 Å². The van der Waals surface area contributed by atoms with Crippen molar-refractivity contribution in [1.29, 1.82) is 0 Å². The van der Waals surface area contributed by atoms with Crippen LogP contribution in [-0.2, 0) is 16.0 Å². The number of aromatic hydroxyl groups is 1. The SMILES string of the molecule is CCCNCCC12CC(O)=C(C(N)=O)C(=O)C1C(O)=C1C(=O)c3c(O)c4c(c(F)c3C[C@H]1C2)C1C(CCN1C)CN4. The summed E-state index contributed by atoms with van der Waals surface area (Å²) in [5.41, 5.74) is 4.30. The number of Topliss-reactive ketones (excluding diaryl/α,β-unsaturated/α-hetero) is 2. The zero-order chi connectivity index (χ0) is 29.4. The summed E-state index contributed by atoms with van der Waals surface area (Å²) in [6.07, 6.45) is 2.31. The molecule has 5 aliphatic rings. The molecular weight excluding hydrogens is 531 g/mol. The Morgan fingerprint density at radius 2 is 2.00 bits per heavy atom. The van der Waals surface area contributed by atoms with E-state index < -0.39 is 57.6 Å². The molecule has 220 valence electrons. The van der Waals surface area contributed by atoms with Gasteiger partial charge in [-0.15, -0.1) is 0 Å². The van der Waals surface area contributed by atoms with E-state index in [1.54, 1.807) is 0 Å². The Morgan fingerprint density at radius 3 is 2.71 bits per heavy atom. The quantitative estimate of drug-likeness (QED) is 0.172. The number of primary amides is 1. The molecule has 6 rings (SSSR count). The standard InChI is InChI=1S/C30H37FN4O6/c1-3-6-33-7-5-30-10-14-9-15-18(28(40)23-20(22(15)31)24-13(12-34-23)4-8-35(24)2)25(37)17(14)26(38)21(30)27(39)19(29(32)41)16(36)11-30/h13-14,21,24,33-34,36,38,40H,3-12H2,1-2H3,(H2,32,41)/t13?,14-,21?,24?,30?/m0/s1. The van der Waals surface area contributed by atoms with E-state index >= 15 is 4.39 Å². The maximum atomic E-state index is 16.5. The van der Waals surface area contributed by atoms with E-state index in [2.05, 4.69) is 15.5 Å². The fourth-order valence-electron chi connectivity index (χ4n) is 8.34. The van der Waals surface area contributed by atoms with Gasteiger partial charge in [-0.25, -0.2) is 4.39 Å². The van der Waals surface area contributed by atoms with Crippen molar-refractivity contribution >= 4 is 23.2 Å². The van der Waals surface area contributed by atoms with Crippen molar-refractivity contribution in [1.82, 2.24) is 10.2 Å². The number of ketones is 2. The number of carbonyl (C=O) groups is 3. The van der Waals surface area contributed by atoms with Gasteiger partial charge in [0.15, 0.2) is 17.3 Å². The molecule has 0 spiro atoms. The Kier molecular flexibility index (Phi) is 6.65. The number of halogens is 1. The molecule has 1 aromatic rings. The van der Waals surface area contributed by atoms with Crippen LogP contribution < -0.4 is 16.4 Å². The maximum absolute atomic E-state index is 16.5. The number of fused-ring (bicyclic) bond motifs is 6. The van der Waals surface area contributed by atoms with Crippen molar-refractivity contribution in [2.75, 3.05) is 38.5 Å². The maximum Gasteiger partial charge on any atom is 0.255 e. The first-order valence-electron chi connectivity index (χ1n) is 14.5. The Hall–Kier alpha value is -3.44. The smallest absolute Gasteiger partial charge is 0.255 e. The summed E-state index contributed by atoms with van der Waals surface area (Å²) in [5.74, 6) is -6.14. The number of hydrogen-bond donors (Lipinski definition) is 6. The third kappa shape index (κ3) is 3.92. The van der Waals surface area contributed by atoms with Gasteiger partial charge in [0.05, 0.1) is 17.2 Å². The highest BCUT2D eigenvalue weighted by Crippen LogP contribution is 2.59. The number of nitrogens with one attached hydrogen (secondary N) is 2. The Labute approximate surface area is 237 Å². The average Bonchev–Trinajstić information content (AvgIpc) is 3.29. The van der Waals surface area contributed by atoms with Gasteiger partial charge in [0.25, 0.3) is 5.91 Å². The highest BCUT2D eigenvalue weighted by Gasteiger charge is 2.58. The molecule has 11 heteroatoms. The number of amides is 1. The summed E-state index contributed by atoms with van der Waals surface area (Å²) in [4.78, 5) is 41.8. The first-order valence-corrected chi connectivity index (χ1v) is 14.5. The number of benzene rings is 1. The number of carbonyl (C=O) groups excluding carboxylic acids is 3. The van der Waals surface area contributed by atoms with Crippen molar-refractivity contribution in [3.8, 4) is 5.75 Å². The molecule has 41 heavy (non-hydrogen) atoms. The number of aliphatic hydroxyl groups is 2. The van der Waals surface area contributed by atoms with Crippen molar-refractivity contribution in [2.24, 2.45) is 28.9 Å². The van der Waals surface area contributed by atoms with Gasteiger partial charge in [-0.05, 0) is 76.0 Å². The monoisotopic (exact) mass is 568 g/mol. The first-order chi connectivity index (χ1) is 19.5. The summed E-state index contributed by atoms with van der Waals surface area (Å²) in [7, 11) is 1.93. The predicted octanol–water partition coefficient (Wildman–Crippen LogP) is 2.78. The third-order valence-corrected chi connectivity index (χ3v) is 10.1. The zero-order valence-electron chi connectivity index (χ0n) is 23.3. The van der Waals surface area contributed by atoms with Crippen LogP contribution >= 0.6 is 0 Å². The number of hydrogen-bond acceptors (Lipinski definition) is 9. The number of nitrogens with two attached hydrogens (primary N) is 1.